The summed E-state index contributed by atoms with van der Waals surface area (Å²) in [5.41, 5.74) is -0.648. The van der Waals surface area contributed by atoms with Gasteiger partial charge in [0.2, 0.25) is 0 Å². The molecule has 0 unspecified atom stereocenters. The van der Waals surface area contributed by atoms with Gasteiger partial charge in [-0.05, 0) is 57.7 Å². The molecule has 0 aliphatic heterocycles. The van der Waals surface area contributed by atoms with E-state index in [4.69, 9.17) is 14.6 Å². The third-order valence-electron chi connectivity index (χ3n) is 3.79. The molecule has 2 N–H and O–H groups in total. The molecular formula is C19H25NO10S. The Labute approximate surface area is 179 Å². The number of hydrogen-bond donors (Lipinski definition) is 2. The minimum atomic E-state index is -4.62. The van der Waals surface area contributed by atoms with E-state index in [0.29, 0.717) is 18.2 Å². The molecule has 0 spiro atoms. The van der Waals surface area contributed by atoms with E-state index in [1.54, 1.807) is 0 Å². The van der Waals surface area contributed by atoms with Crippen LogP contribution in [0.1, 0.15) is 44.0 Å². The first-order valence-corrected chi connectivity index (χ1v) is 10.8. The average molecular weight is 459 g/mol. The number of carbonyl (C=O) groups is 3. The molecule has 1 aliphatic carbocycles. The van der Waals surface area contributed by atoms with Crippen molar-refractivity contribution in [3.63, 3.8) is 0 Å². The maximum absolute atomic E-state index is 12.0. The summed E-state index contributed by atoms with van der Waals surface area (Å²) in [6.45, 7) is 3.57. The first-order valence-electron chi connectivity index (χ1n) is 9.39. The summed E-state index contributed by atoms with van der Waals surface area (Å²) in [5.74, 6) is -1.54. The number of esters is 1. The molecule has 1 aliphatic rings. The van der Waals surface area contributed by atoms with Crippen LogP contribution in [0.25, 0.3) is 0 Å². The van der Waals surface area contributed by atoms with Gasteiger partial charge in [0, 0.05) is 0 Å². The van der Waals surface area contributed by atoms with E-state index in [0.717, 1.165) is 12.8 Å². The Kier molecular flexibility index (Phi) is 7.85. The molecule has 2 rings (SSSR count). The zero-order chi connectivity index (χ0) is 23.2. The summed E-state index contributed by atoms with van der Waals surface area (Å²) in [4.78, 5) is 34.3. The minimum absolute atomic E-state index is 0.0555. The van der Waals surface area contributed by atoms with Crippen molar-refractivity contribution >= 4 is 33.0 Å². The van der Waals surface area contributed by atoms with Crippen LogP contribution in [0.15, 0.2) is 18.2 Å². The quantitative estimate of drug-likeness (QED) is 0.301. The van der Waals surface area contributed by atoms with Crippen LogP contribution in [0, 0.1) is 5.92 Å². The lowest BCUT2D eigenvalue weighted by Crippen LogP contribution is -2.30. The van der Waals surface area contributed by atoms with Crippen LogP contribution in [0.3, 0.4) is 0 Å². The Morgan fingerprint density at radius 3 is 2.45 bits per heavy atom. The van der Waals surface area contributed by atoms with Gasteiger partial charge in [-0.15, -0.1) is 0 Å². The summed E-state index contributed by atoms with van der Waals surface area (Å²) in [5, 5.41) is 9.77. The van der Waals surface area contributed by atoms with Crippen molar-refractivity contribution in [2.45, 2.75) is 39.2 Å². The van der Waals surface area contributed by atoms with Gasteiger partial charge in [0.1, 0.15) is 18.1 Å². The number of rotatable bonds is 10. The fraction of sp³-hybridized carbons (Fsp3) is 0.526. The average Bonchev–Trinajstić information content (AvgIpc) is 3.48. The molecule has 1 fully saturated rings. The molecule has 0 aromatic heterocycles. The molecular weight excluding hydrogens is 434 g/mol. The maximum atomic E-state index is 12.0. The number of carbonyl (C=O) groups excluding carboxylic acids is 2. The Bertz CT molecular complexity index is 931. The normalized spacial score (nSPS) is 13.9. The standard InChI is InChI=1S/C19H25NO10S/c1-19(2,3)30-18(24)31(25,26)29-11-20-14-7-6-13(17(23)28-10-16(21)22)8-15(14)27-9-12-4-5-12/h6-8,12,20H,4-5,9-11H2,1-3H3,(H,21,22). The highest BCUT2D eigenvalue weighted by molar-refractivity contribution is 8.01. The van der Waals surface area contributed by atoms with Crippen LogP contribution in [0.4, 0.5) is 10.5 Å². The second-order valence-electron chi connectivity index (χ2n) is 7.79. The number of benzene rings is 1. The number of carboxylic acids is 1. The Hall–Kier alpha value is -2.86. The molecule has 0 bridgehead atoms. The molecule has 31 heavy (non-hydrogen) atoms. The number of anilines is 1. The summed E-state index contributed by atoms with van der Waals surface area (Å²) < 4.78 is 43.6. The number of nitrogens with one attached hydrogen (secondary N) is 1. The molecule has 0 amide bonds. The Balaban J connectivity index is 2.05. The van der Waals surface area contributed by atoms with E-state index in [-0.39, 0.29) is 11.3 Å². The van der Waals surface area contributed by atoms with Gasteiger partial charge >= 0.3 is 27.4 Å². The van der Waals surface area contributed by atoms with Gasteiger partial charge in [0.05, 0.1) is 17.9 Å². The van der Waals surface area contributed by atoms with Crippen molar-refractivity contribution in [2.24, 2.45) is 5.92 Å². The highest BCUT2D eigenvalue weighted by atomic mass is 32.2. The Morgan fingerprint density at radius 1 is 1.19 bits per heavy atom. The van der Waals surface area contributed by atoms with Crippen molar-refractivity contribution < 1.29 is 46.3 Å². The predicted molar refractivity (Wildman–Crippen MR) is 107 cm³/mol. The van der Waals surface area contributed by atoms with E-state index in [9.17, 15) is 22.8 Å². The van der Waals surface area contributed by atoms with Gasteiger partial charge in [-0.1, -0.05) is 0 Å². The lowest BCUT2D eigenvalue weighted by atomic mass is 10.2. The second-order valence-corrected chi connectivity index (χ2v) is 9.27. The molecule has 172 valence electrons. The van der Waals surface area contributed by atoms with Crippen LogP contribution in [0.5, 0.6) is 5.75 Å². The van der Waals surface area contributed by atoms with Crippen molar-refractivity contribution in [1.82, 2.24) is 0 Å². The molecule has 12 heteroatoms. The van der Waals surface area contributed by atoms with Crippen LogP contribution in [-0.2, 0) is 28.6 Å². The monoisotopic (exact) mass is 459 g/mol. The fourth-order valence-corrected chi connectivity index (χ4v) is 2.81. The SMILES string of the molecule is CC(C)(C)OC(=O)S(=O)(=O)OCNc1ccc(C(=O)OCC(=O)O)cc1OCC1CC1. The first kappa shape index (κ1) is 24.4. The molecule has 1 saturated carbocycles. The molecule has 1 aromatic carbocycles. The minimum Gasteiger partial charge on any atom is -0.491 e. The maximum Gasteiger partial charge on any atom is 0.452 e. The van der Waals surface area contributed by atoms with Crippen molar-refractivity contribution in [3.05, 3.63) is 23.8 Å². The van der Waals surface area contributed by atoms with Gasteiger partial charge in [0.15, 0.2) is 6.61 Å². The van der Waals surface area contributed by atoms with Gasteiger partial charge in [-0.3, -0.25) is 0 Å². The molecule has 0 heterocycles. The van der Waals surface area contributed by atoms with E-state index in [2.05, 4.69) is 14.2 Å². The zero-order valence-corrected chi connectivity index (χ0v) is 18.2. The number of hydrogen-bond acceptors (Lipinski definition) is 10. The number of ether oxygens (including phenoxy) is 3. The summed E-state index contributed by atoms with van der Waals surface area (Å²) >= 11 is 0. The van der Waals surface area contributed by atoms with Crippen molar-refractivity contribution in [1.29, 1.82) is 0 Å². The van der Waals surface area contributed by atoms with E-state index in [1.807, 2.05) is 0 Å². The zero-order valence-electron chi connectivity index (χ0n) is 17.4. The highest BCUT2D eigenvalue weighted by Gasteiger charge is 2.30. The fourth-order valence-electron chi connectivity index (χ4n) is 2.15. The first-order chi connectivity index (χ1) is 14.4. The van der Waals surface area contributed by atoms with E-state index < -0.39 is 46.3 Å². The topological polar surface area (TPSA) is 155 Å². The smallest absolute Gasteiger partial charge is 0.452 e. The summed E-state index contributed by atoms with van der Waals surface area (Å²) in [6.07, 6.45) is 2.03. The summed E-state index contributed by atoms with van der Waals surface area (Å²) in [7, 11) is -4.62. The lowest BCUT2D eigenvalue weighted by Gasteiger charge is -2.19. The van der Waals surface area contributed by atoms with Crippen LogP contribution >= 0.6 is 0 Å². The largest absolute Gasteiger partial charge is 0.491 e. The third kappa shape index (κ3) is 8.42. The lowest BCUT2D eigenvalue weighted by molar-refractivity contribution is -0.140. The van der Waals surface area contributed by atoms with E-state index >= 15 is 0 Å². The van der Waals surface area contributed by atoms with Crippen molar-refractivity contribution in [3.8, 4) is 5.75 Å². The van der Waals surface area contributed by atoms with Crippen molar-refractivity contribution in [2.75, 3.05) is 25.3 Å². The molecule has 1 aromatic rings. The van der Waals surface area contributed by atoms with Crippen LogP contribution in [-0.4, -0.2) is 56.3 Å². The van der Waals surface area contributed by atoms with Gasteiger partial charge in [-0.25, -0.2) is 18.6 Å². The van der Waals surface area contributed by atoms with Crippen LogP contribution in [0.2, 0.25) is 0 Å². The molecule has 11 nitrogen and oxygen atoms in total. The Morgan fingerprint density at radius 2 is 1.87 bits per heavy atom. The van der Waals surface area contributed by atoms with Gasteiger partial charge in [0.25, 0.3) is 0 Å². The number of aliphatic carboxylic acids is 1. The van der Waals surface area contributed by atoms with Crippen LogP contribution < -0.4 is 10.1 Å². The second kappa shape index (κ2) is 9.96. The van der Waals surface area contributed by atoms with Gasteiger partial charge in [-0.2, -0.15) is 8.42 Å². The predicted octanol–water partition coefficient (Wildman–Crippen LogP) is 2.37. The van der Waals surface area contributed by atoms with Gasteiger partial charge < -0.3 is 24.6 Å². The highest BCUT2D eigenvalue weighted by Crippen LogP contribution is 2.32. The summed E-state index contributed by atoms with van der Waals surface area (Å²) in [6, 6.07) is 4.11. The molecule has 0 atom stereocenters. The van der Waals surface area contributed by atoms with E-state index in [1.165, 1.54) is 39.0 Å². The molecule has 0 radical (unpaired) electrons. The third-order valence-corrected chi connectivity index (χ3v) is 4.71. The molecule has 0 saturated heterocycles. The number of carboxylic acid groups (broad SMARTS) is 1.